The zero-order valence-corrected chi connectivity index (χ0v) is 13.6. The van der Waals surface area contributed by atoms with Gasteiger partial charge in [-0.1, -0.05) is 35.9 Å². The number of rotatable bonds is 4. The molecule has 0 saturated heterocycles. The largest absolute Gasteiger partial charge is 0.279 e. The predicted octanol–water partition coefficient (Wildman–Crippen LogP) is 4.24. The summed E-state index contributed by atoms with van der Waals surface area (Å²) in [4.78, 5) is 0. The minimum absolute atomic E-state index is 0.960. The maximum absolute atomic E-state index is 4.63. The monoisotopic (exact) mass is 304 g/mol. The fourth-order valence-corrected chi connectivity index (χ4v) is 2.46. The Labute approximate surface area is 136 Å². The molecule has 0 aliphatic heterocycles. The Balaban J connectivity index is 1.84. The van der Waals surface area contributed by atoms with Crippen molar-refractivity contribution in [3.05, 3.63) is 77.1 Å². The van der Waals surface area contributed by atoms with Crippen LogP contribution >= 0.6 is 0 Å². The van der Waals surface area contributed by atoms with Crippen LogP contribution in [-0.4, -0.2) is 16.0 Å². The van der Waals surface area contributed by atoms with E-state index in [1.165, 1.54) is 5.56 Å². The van der Waals surface area contributed by atoms with E-state index in [2.05, 4.69) is 53.7 Å². The first kappa shape index (κ1) is 15.0. The number of nitrogens with one attached hydrogen (secondary N) is 1. The normalized spacial score (nSPS) is 11.1. The highest BCUT2D eigenvalue weighted by Crippen LogP contribution is 2.17. The Morgan fingerprint density at radius 1 is 0.957 bits per heavy atom. The number of aromatic nitrogens is 2. The first-order chi connectivity index (χ1) is 11.1. The molecule has 0 saturated carbocycles. The van der Waals surface area contributed by atoms with E-state index < -0.39 is 0 Å². The molecule has 2 aromatic carbocycles. The van der Waals surface area contributed by atoms with Crippen molar-refractivity contribution in [2.75, 3.05) is 5.43 Å². The van der Waals surface area contributed by atoms with Crippen LogP contribution in [0, 0.1) is 20.8 Å². The van der Waals surface area contributed by atoms with Crippen molar-refractivity contribution >= 4 is 11.9 Å². The summed E-state index contributed by atoms with van der Waals surface area (Å²) in [6.45, 7) is 6.14. The van der Waals surface area contributed by atoms with Crippen LogP contribution in [-0.2, 0) is 0 Å². The molecule has 4 nitrogen and oxygen atoms in total. The van der Waals surface area contributed by atoms with E-state index in [0.29, 0.717) is 0 Å². The third kappa shape index (κ3) is 3.31. The molecule has 0 spiro atoms. The van der Waals surface area contributed by atoms with Crippen LogP contribution in [0.4, 0.5) is 5.69 Å². The molecule has 1 heterocycles. The highest BCUT2D eigenvalue weighted by atomic mass is 15.3. The summed E-state index contributed by atoms with van der Waals surface area (Å²) in [7, 11) is 0. The third-order valence-corrected chi connectivity index (χ3v) is 3.79. The van der Waals surface area contributed by atoms with Gasteiger partial charge in [-0.2, -0.15) is 10.2 Å². The molecule has 4 heteroatoms. The van der Waals surface area contributed by atoms with E-state index in [0.717, 1.165) is 28.3 Å². The van der Waals surface area contributed by atoms with E-state index in [1.807, 2.05) is 48.2 Å². The van der Waals surface area contributed by atoms with Gasteiger partial charge in [0.1, 0.15) is 0 Å². The zero-order chi connectivity index (χ0) is 16.2. The van der Waals surface area contributed by atoms with Gasteiger partial charge in [0.15, 0.2) is 0 Å². The zero-order valence-electron chi connectivity index (χ0n) is 13.6. The van der Waals surface area contributed by atoms with Crippen molar-refractivity contribution in [3.63, 3.8) is 0 Å². The second-order valence-electron chi connectivity index (χ2n) is 5.57. The van der Waals surface area contributed by atoms with Crippen molar-refractivity contribution in [2.45, 2.75) is 20.8 Å². The van der Waals surface area contributed by atoms with Gasteiger partial charge < -0.3 is 0 Å². The standard InChI is InChI=1S/C19H20N4/c1-14-9-11-18(12-10-14)23-16(3)19(15(2)22-23)13-20-21-17-7-5-4-6-8-17/h4-13,21H,1-3H3/b20-13+. The highest BCUT2D eigenvalue weighted by molar-refractivity contribution is 5.83. The molecule has 1 N–H and O–H groups in total. The lowest BCUT2D eigenvalue weighted by Crippen LogP contribution is -1.99. The Morgan fingerprint density at radius 3 is 2.35 bits per heavy atom. The molecule has 0 radical (unpaired) electrons. The summed E-state index contributed by atoms with van der Waals surface area (Å²) in [5, 5.41) is 8.96. The van der Waals surface area contributed by atoms with Gasteiger partial charge >= 0.3 is 0 Å². The first-order valence-electron chi connectivity index (χ1n) is 7.62. The van der Waals surface area contributed by atoms with Crippen LogP contribution in [0.15, 0.2) is 59.7 Å². The van der Waals surface area contributed by atoms with Gasteiger partial charge in [-0.15, -0.1) is 0 Å². The number of benzene rings is 2. The smallest absolute Gasteiger partial charge is 0.0689 e. The maximum Gasteiger partial charge on any atom is 0.0689 e. The Bertz CT molecular complexity index is 815. The van der Waals surface area contributed by atoms with Gasteiger partial charge in [-0.05, 0) is 45.0 Å². The highest BCUT2D eigenvalue weighted by Gasteiger charge is 2.10. The lowest BCUT2D eigenvalue weighted by Gasteiger charge is -2.04. The minimum atomic E-state index is 0.960. The number of hydrogen-bond donors (Lipinski definition) is 1. The molecule has 0 aliphatic carbocycles. The number of aryl methyl sites for hydroxylation is 2. The van der Waals surface area contributed by atoms with Crippen molar-refractivity contribution in [1.29, 1.82) is 0 Å². The quantitative estimate of drug-likeness (QED) is 0.578. The lowest BCUT2D eigenvalue weighted by molar-refractivity contribution is 0.833. The molecule has 0 amide bonds. The van der Waals surface area contributed by atoms with Crippen molar-refractivity contribution in [1.82, 2.24) is 9.78 Å². The molecule has 3 rings (SSSR count). The second kappa shape index (κ2) is 6.48. The summed E-state index contributed by atoms with van der Waals surface area (Å²) in [6.07, 6.45) is 1.83. The van der Waals surface area contributed by atoms with Crippen molar-refractivity contribution < 1.29 is 0 Å². The van der Waals surface area contributed by atoms with Crippen LogP contribution in [0.5, 0.6) is 0 Å². The Morgan fingerprint density at radius 2 is 1.65 bits per heavy atom. The van der Waals surface area contributed by atoms with E-state index in [1.54, 1.807) is 0 Å². The van der Waals surface area contributed by atoms with Gasteiger partial charge in [0.25, 0.3) is 0 Å². The second-order valence-corrected chi connectivity index (χ2v) is 5.57. The average molecular weight is 304 g/mol. The molecule has 3 aromatic rings. The van der Waals surface area contributed by atoms with Gasteiger partial charge in [-0.25, -0.2) is 4.68 Å². The Kier molecular flexibility index (Phi) is 4.24. The molecular weight excluding hydrogens is 284 g/mol. The lowest BCUT2D eigenvalue weighted by atomic mass is 10.2. The van der Waals surface area contributed by atoms with Gasteiger partial charge in [0.2, 0.25) is 0 Å². The molecule has 0 unspecified atom stereocenters. The van der Waals surface area contributed by atoms with Crippen LogP contribution in [0.2, 0.25) is 0 Å². The predicted molar refractivity (Wildman–Crippen MR) is 95.4 cm³/mol. The summed E-state index contributed by atoms with van der Waals surface area (Å²) in [5.41, 5.74) is 9.37. The minimum Gasteiger partial charge on any atom is -0.279 e. The molecule has 0 atom stereocenters. The average Bonchev–Trinajstić information content (AvgIpc) is 2.85. The summed E-state index contributed by atoms with van der Waals surface area (Å²) in [5.74, 6) is 0. The number of anilines is 1. The van der Waals surface area contributed by atoms with E-state index in [9.17, 15) is 0 Å². The van der Waals surface area contributed by atoms with Crippen LogP contribution < -0.4 is 5.43 Å². The van der Waals surface area contributed by atoms with Gasteiger partial charge in [0.05, 0.1) is 29.0 Å². The van der Waals surface area contributed by atoms with E-state index in [-0.39, 0.29) is 0 Å². The number of hydrogen-bond acceptors (Lipinski definition) is 3. The third-order valence-electron chi connectivity index (χ3n) is 3.79. The van der Waals surface area contributed by atoms with Crippen LogP contribution in [0.25, 0.3) is 5.69 Å². The molecular formula is C19H20N4. The molecule has 1 aromatic heterocycles. The molecule has 0 bridgehead atoms. The van der Waals surface area contributed by atoms with Crippen molar-refractivity contribution in [3.8, 4) is 5.69 Å². The molecule has 116 valence electrons. The van der Waals surface area contributed by atoms with E-state index in [4.69, 9.17) is 0 Å². The topological polar surface area (TPSA) is 42.2 Å². The fraction of sp³-hybridized carbons (Fsp3) is 0.158. The maximum atomic E-state index is 4.63. The number of hydrazone groups is 1. The van der Waals surface area contributed by atoms with Crippen molar-refractivity contribution in [2.24, 2.45) is 5.10 Å². The van der Waals surface area contributed by atoms with E-state index >= 15 is 0 Å². The number of nitrogens with zero attached hydrogens (tertiary/aromatic N) is 3. The van der Waals surface area contributed by atoms with Crippen LogP contribution in [0.1, 0.15) is 22.5 Å². The summed E-state index contributed by atoms with van der Waals surface area (Å²) >= 11 is 0. The van der Waals surface area contributed by atoms with Gasteiger partial charge in [-0.3, -0.25) is 5.43 Å². The number of para-hydroxylation sites is 1. The fourth-order valence-electron chi connectivity index (χ4n) is 2.46. The molecule has 0 aliphatic rings. The SMILES string of the molecule is Cc1ccc(-n2nc(C)c(/C=N/Nc3ccccc3)c2C)cc1. The summed E-state index contributed by atoms with van der Waals surface area (Å²) in [6, 6.07) is 18.2. The first-order valence-corrected chi connectivity index (χ1v) is 7.62. The molecule has 23 heavy (non-hydrogen) atoms. The summed E-state index contributed by atoms with van der Waals surface area (Å²) < 4.78 is 1.96. The Hall–Kier alpha value is -2.88. The van der Waals surface area contributed by atoms with Crippen LogP contribution in [0.3, 0.4) is 0 Å². The molecule has 0 fully saturated rings. The van der Waals surface area contributed by atoms with Gasteiger partial charge in [0, 0.05) is 5.56 Å².